The Morgan fingerprint density at radius 2 is 1.89 bits per heavy atom. The lowest BCUT2D eigenvalue weighted by Crippen LogP contribution is -2.10. The largest absolute Gasteiger partial charge is 0.346 e. The molecule has 88 valence electrons. The van der Waals surface area contributed by atoms with Gasteiger partial charge in [0.15, 0.2) is 0 Å². The van der Waals surface area contributed by atoms with Gasteiger partial charge >= 0.3 is 0 Å². The van der Waals surface area contributed by atoms with E-state index < -0.39 is 0 Å². The molecule has 0 fully saturated rings. The van der Waals surface area contributed by atoms with E-state index in [0.717, 1.165) is 5.69 Å². The van der Waals surface area contributed by atoms with Gasteiger partial charge in [-0.2, -0.15) is 5.26 Å². The molecule has 0 aromatic heterocycles. The fourth-order valence-electron chi connectivity index (χ4n) is 1.46. The van der Waals surface area contributed by atoms with Crippen LogP contribution >= 0.6 is 12.2 Å². The molecule has 4 heteroatoms. The molecular weight excluding hydrogens is 247 g/mol. The molecule has 0 heterocycles. The van der Waals surface area contributed by atoms with Crippen LogP contribution in [0.5, 0.6) is 0 Å². The molecule has 0 aliphatic heterocycles. The molecule has 0 spiro atoms. The molecule has 0 radical (unpaired) electrons. The highest BCUT2D eigenvalue weighted by Gasteiger charge is 2.02. The van der Waals surface area contributed by atoms with E-state index in [1.807, 2.05) is 6.07 Å². The molecule has 2 rings (SSSR count). The van der Waals surface area contributed by atoms with Crippen molar-refractivity contribution in [2.24, 2.45) is 0 Å². The first-order valence-electron chi connectivity index (χ1n) is 5.26. The van der Waals surface area contributed by atoms with Crippen molar-refractivity contribution in [3.8, 4) is 6.07 Å². The van der Waals surface area contributed by atoms with Gasteiger partial charge < -0.3 is 5.32 Å². The van der Waals surface area contributed by atoms with Gasteiger partial charge in [0.05, 0.1) is 11.6 Å². The quantitative estimate of drug-likeness (QED) is 0.835. The first-order valence-corrected chi connectivity index (χ1v) is 5.67. The number of rotatable bonds is 2. The van der Waals surface area contributed by atoms with Gasteiger partial charge in [0.1, 0.15) is 10.8 Å². The van der Waals surface area contributed by atoms with Crippen LogP contribution in [-0.2, 0) is 0 Å². The maximum absolute atomic E-state index is 13.0. The van der Waals surface area contributed by atoms with Crippen molar-refractivity contribution < 1.29 is 4.39 Å². The molecule has 0 aliphatic rings. The Kier molecular flexibility index (Phi) is 3.66. The van der Waals surface area contributed by atoms with Gasteiger partial charge in [-0.25, -0.2) is 4.39 Å². The van der Waals surface area contributed by atoms with Gasteiger partial charge in [0.2, 0.25) is 0 Å². The lowest BCUT2D eigenvalue weighted by molar-refractivity contribution is 0.627. The zero-order valence-corrected chi connectivity index (χ0v) is 10.2. The summed E-state index contributed by atoms with van der Waals surface area (Å²) in [4.78, 5) is 0.444. The minimum atomic E-state index is -0.323. The smallest absolute Gasteiger partial charge is 0.123 e. The van der Waals surface area contributed by atoms with Gasteiger partial charge in [-0.3, -0.25) is 0 Å². The zero-order chi connectivity index (χ0) is 13.0. The number of nitrogens with zero attached hydrogens (tertiary/aromatic N) is 1. The van der Waals surface area contributed by atoms with Crippen LogP contribution in [0.15, 0.2) is 48.5 Å². The highest BCUT2D eigenvalue weighted by Crippen LogP contribution is 2.12. The predicted octanol–water partition coefficient (Wildman–Crippen LogP) is 3.48. The Morgan fingerprint density at radius 1 is 1.17 bits per heavy atom. The van der Waals surface area contributed by atoms with Crippen LogP contribution < -0.4 is 5.32 Å². The van der Waals surface area contributed by atoms with Gasteiger partial charge in [-0.1, -0.05) is 24.4 Å². The Bertz CT molecular complexity index is 614. The van der Waals surface area contributed by atoms with Crippen LogP contribution in [-0.4, -0.2) is 4.99 Å². The van der Waals surface area contributed by atoms with E-state index in [-0.39, 0.29) is 5.82 Å². The summed E-state index contributed by atoms with van der Waals surface area (Å²) in [5.41, 5.74) is 1.97. The van der Waals surface area contributed by atoms with E-state index in [1.165, 1.54) is 12.1 Å². The third kappa shape index (κ3) is 2.90. The number of hydrogen-bond acceptors (Lipinski definition) is 2. The number of benzene rings is 2. The summed E-state index contributed by atoms with van der Waals surface area (Å²) in [5.74, 6) is -0.323. The van der Waals surface area contributed by atoms with Crippen LogP contribution in [0.1, 0.15) is 11.1 Å². The summed E-state index contributed by atoms with van der Waals surface area (Å²) in [6.07, 6.45) is 0. The first kappa shape index (κ1) is 12.2. The third-order valence-corrected chi connectivity index (χ3v) is 2.70. The SMILES string of the molecule is N#Cc1ccc(NC(=S)c2cccc(F)c2)cc1. The van der Waals surface area contributed by atoms with Crippen LogP contribution in [0.3, 0.4) is 0 Å². The van der Waals surface area contributed by atoms with E-state index >= 15 is 0 Å². The van der Waals surface area contributed by atoms with Crippen molar-refractivity contribution in [2.45, 2.75) is 0 Å². The molecule has 0 atom stereocenters. The average Bonchev–Trinajstić information content (AvgIpc) is 2.39. The second kappa shape index (κ2) is 5.39. The highest BCUT2D eigenvalue weighted by atomic mass is 32.1. The summed E-state index contributed by atoms with van der Waals surface area (Å²) in [7, 11) is 0. The van der Waals surface area contributed by atoms with Crippen LogP contribution in [0.2, 0.25) is 0 Å². The summed E-state index contributed by atoms with van der Waals surface area (Å²) in [5, 5.41) is 11.7. The van der Waals surface area contributed by atoms with Crippen molar-refractivity contribution in [3.63, 3.8) is 0 Å². The molecule has 0 saturated carbocycles. The number of thiocarbonyl (C=S) groups is 1. The topological polar surface area (TPSA) is 35.8 Å². The molecule has 2 aromatic carbocycles. The monoisotopic (exact) mass is 256 g/mol. The molecule has 0 unspecified atom stereocenters. The Hall–Kier alpha value is -2.25. The van der Waals surface area contributed by atoms with Gasteiger partial charge in [-0.15, -0.1) is 0 Å². The van der Waals surface area contributed by atoms with E-state index in [1.54, 1.807) is 36.4 Å². The van der Waals surface area contributed by atoms with E-state index in [9.17, 15) is 4.39 Å². The Balaban J connectivity index is 2.14. The minimum absolute atomic E-state index is 0.323. The number of hydrogen-bond donors (Lipinski definition) is 1. The summed E-state index contributed by atoms with van der Waals surface area (Å²) in [6.45, 7) is 0. The molecule has 18 heavy (non-hydrogen) atoms. The van der Waals surface area contributed by atoms with Crippen LogP contribution in [0.25, 0.3) is 0 Å². The standard InChI is InChI=1S/C14H9FN2S/c15-12-3-1-2-11(8-12)14(18)17-13-6-4-10(9-16)5-7-13/h1-8H,(H,17,18). The van der Waals surface area contributed by atoms with E-state index in [2.05, 4.69) is 5.32 Å². The lowest BCUT2D eigenvalue weighted by Gasteiger charge is -2.08. The molecule has 0 aliphatic carbocycles. The molecular formula is C14H9FN2S. The van der Waals surface area contributed by atoms with Gasteiger partial charge in [-0.05, 0) is 36.4 Å². The van der Waals surface area contributed by atoms with Crippen LogP contribution in [0.4, 0.5) is 10.1 Å². The fraction of sp³-hybridized carbons (Fsp3) is 0. The summed E-state index contributed by atoms with van der Waals surface area (Å²) < 4.78 is 13.0. The number of nitriles is 1. The first-order chi connectivity index (χ1) is 8.69. The van der Waals surface area contributed by atoms with E-state index in [0.29, 0.717) is 16.1 Å². The molecule has 1 N–H and O–H groups in total. The van der Waals surface area contributed by atoms with Gasteiger partial charge in [0.25, 0.3) is 0 Å². The Morgan fingerprint density at radius 3 is 2.50 bits per heavy atom. The number of halogens is 1. The molecule has 0 amide bonds. The normalized spacial score (nSPS) is 9.56. The van der Waals surface area contributed by atoms with Crippen molar-refractivity contribution in [1.82, 2.24) is 0 Å². The lowest BCUT2D eigenvalue weighted by atomic mass is 10.2. The maximum atomic E-state index is 13.0. The average molecular weight is 256 g/mol. The number of anilines is 1. The second-order valence-electron chi connectivity index (χ2n) is 3.65. The minimum Gasteiger partial charge on any atom is -0.346 e. The van der Waals surface area contributed by atoms with Crippen molar-refractivity contribution >= 4 is 22.9 Å². The van der Waals surface area contributed by atoms with Gasteiger partial charge in [0, 0.05) is 11.3 Å². The molecule has 2 aromatic rings. The predicted molar refractivity (Wildman–Crippen MR) is 72.9 cm³/mol. The summed E-state index contributed by atoms with van der Waals surface area (Å²) >= 11 is 5.18. The van der Waals surface area contributed by atoms with Crippen molar-refractivity contribution in [1.29, 1.82) is 5.26 Å². The maximum Gasteiger partial charge on any atom is 0.123 e. The Labute approximate surface area is 110 Å². The molecule has 0 bridgehead atoms. The molecule has 0 saturated heterocycles. The zero-order valence-electron chi connectivity index (χ0n) is 9.35. The number of nitrogens with one attached hydrogen (secondary N) is 1. The third-order valence-electron chi connectivity index (χ3n) is 2.36. The summed E-state index contributed by atoms with van der Waals surface area (Å²) in [6, 6.07) is 15.0. The van der Waals surface area contributed by atoms with E-state index in [4.69, 9.17) is 17.5 Å². The van der Waals surface area contributed by atoms with Crippen molar-refractivity contribution in [3.05, 3.63) is 65.5 Å². The molecule has 2 nitrogen and oxygen atoms in total. The fourth-order valence-corrected chi connectivity index (χ4v) is 1.71. The van der Waals surface area contributed by atoms with Crippen molar-refractivity contribution in [2.75, 3.05) is 5.32 Å². The second-order valence-corrected chi connectivity index (χ2v) is 4.06. The van der Waals surface area contributed by atoms with Crippen LogP contribution in [0, 0.1) is 17.1 Å². The highest BCUT2D eigenvalue weighted by molar-refractivity contribution is 7.81.